The van der Waals surface area contributed by atoms with E-state index in [1.54, 1.807) is 18.2 Å². The predicted octanol–water partition coefficient (Wildman–Crippen LogP) is 1.08. The second kappa shape index (κ2) is 5.27. The molecule has 0 radical (unpaired) electrons. The van der Waals surface area contributed by atoms with Gasteiger partial charge in [0.25, 0.3) is 10.1 Å². The van der Waals surface area contributed by atoms with Crippen LogP contribution in [0.25, 0.3) is 0 Å². The number of hydrogen-bond donors (Lipinski definition) is 1. The van der Waals surface area contributed by atoms with E-state index in [2.05, 4.69) is 0 Å². The van der Waals surface area contributed by atoms with Crippen molar-refractivity contribution in [3.8, 4) is 0 Å². The van der Waals surface area contributed by atoms with Crippen molar-refractivity contribution in [1.29, 1.82) is 0 Å². The molecular weight excluding hydrogens is 232 g/mol. The Balaban J connectivity index is 2.44. The Kier molecular flexibility index (Phi) is 4.26. The lowest BCUT2D eigenvalue weighted by molar-refractivity contribution is -0.136. The van der Waals surface area contributed by atoms with Gasteiger partial charge in [0.05, 0.1) is 12.4 Å². The van der Waals surface area contributed by atoms with Gasteiger partial charge in [-0.2, -0.15) is 8.42 Å². The molecule has 0 aromatic rings. The largest absolute Gasteiger partial charge is 0.481 e. The summed E-state index contributed by atoms with van der Waals surface area (Å²) >= 11 is 0. The average Bonchev–Trinajstić information content (AvgIpc) is 2.14. The van der Waals surface area contributed by atoms with Crippen molar-refractivity contribution < 1.29 is 22.5 Å². The third-order valence-electron chi connectivity index (χ3n) is 2.06. The van der Waals surface area contributed by atoms with Crippen molar-refractivity contribution >= 4 is 16.1 Å². The molecule has 0 bridgehead atoms. The molecule has 0 fully saturated rings. The number of hydrogen-bond acceptors (Lipinski definition) is 4. The molecule has 16 heavy (non-hydrogen) atoms. The van der Waals surface area contributed by atoms with Crippen LogP contribution in [0, 0.1) is 0 Å². The minimum Gasteiger partial charge on any atom is -0.481 e. The van der Waals surface area contributed by atoms with Gasteiger partial charge in [0.2, 0.25) is 0 Å². The third kappa shape index (κ3) is 5.09. The van der Waals surface area contributed by atoms with Gasteiger partial charge in [0.1, 0.15) is 0 Å². The summed E-state index contributed by atoms with van der Waals surface area (Å²) in [5.41, 5.74) is 0.899. The van der Waals surface area contributed by atoms with Gasteiger partial charge in [-0.3, -0.25) is 8.98 Å². The summed E-state index contributed by atoms with van der Waals surface area (Å²) in [6, 6.07) is 0. The highest BCUT2D eigenvalue weighted by molar-refractivity contribution is 7.86. The topological polar surface area (TPSA) is 80.7 Å². The van der Waals surface area contributed by atoms with Gasteiger partial charge in [0.15, 0.2) is 0 Å². The van der Waals surface area contributed by atoms with Gasteiger partial charge in [-0.05, 0) is 12.8 Å². The zero-order valence-corrected chi connectivity index (χ0v) is 9.74. The highest BCUT2D eigenvalue weighted by atomic mass is 32.2. The van der Waals surface area contributed by atoms with Gasteiger partial charge >= 0.3 is 5.97 Å². The Morgan fingerprint density at radius 1 is 1.62 bits per heavy atom. The Hall–Kier alpha value is -1.14. The highest BCUT2D eigenvalue weighted by Gasteiger charge is 2.14. The molecule has 0 amide bonds. The third-order valence-corrected chi connectivity index (χ3v) is 2.66. The van der Waals surface area contributed by atoms with Gasteiger partial charge in [0, 0.05) is 6.42 Å². The molecule has 1 N–H and O–H groups in total. The molecule has 6 heteroatoms. The number of aliphatic carboxylic acids is 1. The fourth-order valence-corrected chi connectivity index (χ4v) is 1.97. The van der Waals surface area contributed by atoms with Gasteiger partial charge in [-0.25, -0.2) is 0 Å². The van der Waals surface area contributed by atoms with Crippen LogP contribution in [-0.4, -0.2) is 31.9 Å². The predicted molar refractivity (Wildman–Crippen MR) is 58.4 cm³/mol. The zero-order valence-electron chi connectivity index (χ0n) is 8.92. The number of carboxylic acids is 1. The van der Waals surface area contributed by atoms with Crippen LogP contribution in [0.4, 0.5) is 0 Å². The molecule has 0 aromatic carbocycles. The van der Waals surface area contributed by atoms with Crippen molar-refractivity contribution in [1.82, 2.24) is 0 Å². The van der Waals surface area contributed by atoms with Gasteiger partial charge in [-0.15, -0.1) is 0 Å². The molecule has 0 saturated heterocycles. The Morgan fingerprint density at radius 2 is 2.31 bits per heavy atom. The Bertz CT molecular complexity index is 418. The Morgan fingerprint density at radius 3 is 2.75 bits per heavy atom. The molecule has 90 valence electrons. The highest BCUT2D eigenvalue weighted by Crippen LogP contribution is 2.18. The molecule has 0 saturated carbocycles. The molecule has 0 unspecified atom stereocenters. The maximum atomic E-state index is 10.8. The van der Waals surface area contributed by atoms with Crippen molar-refractivity contribution in [3.05, 3.63) is 23.8 Å². The first-order valence-corrected chi connectivity index (χ1v) is 6.66. The summed E-state index contributed by atoms with van der Waals surface area (Å²) in [6.07, 6.45) is 6.68. The van der Waals surface area contributed by atoms with E-state index in [1.807, 2.05) is 0 Å². The fraction of sp³-hybridized carbons (Fsp3) is 0.500. The van der Waals surface area contributed by atoms with Gasteiger partial charge < -0.3 is 5.11 Å². The van der Waals surface area contributed by atoms with Crippen LogP contribution in [0.2, 0.25) is 0 Å². The van der Waals surface area contributed by atoms with E-state index in [0.717, 1.165) is 11.8 Å². The Labute approximate surface area is 94.5 Å². The minimum absolute atomic E-state index is 0.0772. The number of carbonyl (C=O) groups is 1. The van der Waals surface area contributed by atoms with Crippen LogP contribution in [-0.2, 0) is 19.1 Å². The van der Waals surface area contributed by atoms with E-state index >= 15 is 0 Å². The van der Waals surface area contributed by atoms with E-state index in [0.29, 0.717) is 12.8 Å². The standard InChI is InChI=1S/C10H14O5S/c1-16(13,14)15-9-5-2-8(3-6-9)4-7-10(11)12/h2-3,5,9H,4,6-7H2,1H3,(H,11,12)/t9-/m1/s1. The lowest BCUT2D eigenvalue weighted by Gasteiger charge is -2.15. The lowest BCUT2D eigenvalue weighted by Crippen LogP contribution is -2.16. The summed E-state index contributed by atoms with van der Waals surface area (Å²) in [4.78, 5) is 10.3. The van der Waals surface area contributed by atoms with E-state index < -0.39 is 22.2 Å². The van der Waals surface area contributed by atoms with Crippen LogP contribution in [0.5, 0.6) is 0 Å². The lowest BCUT2D eigenvalue weighted by atomic mass is 10.0. The summed E-state index contributed by atoms with van der Waals surface area (Å²) in [5.74, 6) is -0.844. The second-order valence-electron chi connectivity index (χ2n) is 3.61. The van der Waals surface area contributed by atoms with E-state index in [4.69, 9.17) is 9.29 Å². The number of allylic oxidation sites excluding steroid dienone is 2. The summed E-state index contributed by atoms with van der Waals surface area (Å²) < 4.78 is 26.5. The smallest absolute Gasteiger partial charge is 0.303 e. The van der Waals surface area contributed by atoms with E-state index in [9.17, 15) is 13.2 Å². The summed E-state index contributed by atoms with van der Waals surface area (Å²) in [7, 11) is -3.44. The van der Waals surface area contributed by atoms with E-state index in [-0.39, 0.29) is 6.42 Å². The van der Waals surface area contributed by atoms with Crippen molar-refractivity contribution in [2.24, 2.45) is 0 Å². The van der Waals surface area contributed by atoms with Crippen molar-refractivity contribution in [3.63, 3.8) is 0 Å². The molecule has 1 aliphatic rings. The first-order chi connectivity index (χ1) is 7.37. The average molecular weight is 246 g/mol. The molecule has 0 spiro atoms. The quantitative estimate of drug-likeness (QED) is 0.734. The maximum Gasteiger partial charge on any atom is 0.303 e. The zero-order chi connectivity index (χ0) is 12.2. The molecule has 0 aliphatic heterocycles. The summed E-state index contributed by atoms with van der Waals surface area (Å²) in [5, 5.41) is 8.49. The first-order valence-electron chi connectivity index (χ1n) is 4.84. The number of rotatable bonds is 5. The molecule has 1 rings (SSSR count). The number of carboxylic acid groups (broad SMARTS) is 1. The summed E-state index contributed by atoms with van der Waals surface area (Å²) in [6.45, 7) is 0. The van der Waals surface area contributed by atoms with Crippen LogP contribution in [0.3, 0.4) is 0 Å². The maximum absolute atomic E-state index is 10.8. The van der Waals surface area contributed by atoms with E-state index in [1.165, 1.54) is 0 Å². The van der Waals surface area contributed by atoms with Crippen molar-refractivity contribution in [2.45, 2.75) is 25.4 Å². The first kappa shape index (κ1) is 12.9. The second-order valence-corrected chi connectivity index (χ2v) is 5.21. The molecule has 0 aromatic heterocycles. The molecular formula is C10H14O5S. The fourth-order valence-electron chi connectivity index (χ4n) is 1.38. The monoisotopic (exact) mass is 246 g/mol. The molecule has 0 heterocycles. The van der Waals surface area contributed by atoms with Crippen LogP contribution in [0.1, 0.15) is 19.3 Å². The van der Waals surface area contributed by atoms with Crippen LogP contribution < -0.4 is 0 Å². The minimum atomic E-state index is -3.44. The van der Waals surface area contributed by atoms with Gasteiger partial charge in [-0.1, -0.05) is 23.8 Å². The van der Waals surface area contributed by atoms with Crippen LogP contribution in [0.15, 0.2) is 23.8 Å². The van der Waals surface area contributed by atoms with Crippen LogP contribution >= 0.6 is 0 Å². The van der Waals surface area contributed by atoms with Crippen molar-refractivity contribution in [2.75, 3.05) is 6.26 Å². The normalized spacial score (nSPS) is 20.6. The molecule has 1 atom stereocenters. The SMILES string of the molecule is CS(=O)(=O)O[C@@H]1C=CC(CCC(=O)O)=CC1. The molecule has 5 nitrogen and oxygen atoms in total. The molecule has 1 aliphatic carbocycles.